The van der Waals surface area contributed by atoms with Crippen molar-refractivity contribution in [3.8, 4) is 0 Å². The number of hydrogen-bond acceptors (Lipinski definition) is 2. The summed E-state index contributed by atoms with van der Waals surface area (Å²) < 4.78 is 0. The minimum Gasteiger partial charge on any atom is -0.478 e. The molecule has 106 valence electrons. The first-order chi connectivity index (χ1) is 9.66. The van der Waals surface area contributed by atoms with Gasteiger partial charge >= 0.3 is 12.0 Å². The van der Waals surface area contributed by atoms with Crippen molar-refractivity contribution in [1.82, 2.24) is 5.32 Å². The Kier molecular flexibility index (Phi) is 4.76. The fourth-order valence-electron chi connectivity index (χ4n) is 2.22. The average molecular weight is 274 g/mol. The Labute approximate surface area is 117 Å². The zero-order valence-corrected chi connectivity index (χ0v) is 11.1. The molecule has 2 amide bonds. The van der Waals surface area contributed by atoms with Gasteiger partial charge in [-0.25, -0.2) is 9.59 Å². The molecule has 3 N–H and O–H groups in total. The molecule has 0 fully saturated rings. The molecular formula is C15H18N2O3. The number of hydrogen-bond donors (Lipinski definition) is 3. The van der Waals surface area contributed by atoms with E-state index in [1.807, 2.05) is 0 Å². The van der Waals surface area contributed by atoms with Crippen molar-refractivity contribution >= 4 is 17.7 Å². The molecule has 0 spiro atoms. The predicted molar refractivity (Wildman–Crippen MR) is 76.9 cm³/mol. The van der Waals surface area contributed by atoms with E-state index in [4.69, 9.17) is 5.11 Å². The minimum absolute atomic E-state index is 0.0863. The van der Waals surface area contributed by atoms with Crippen LogP contribution in [0.4, 0.5) is 10.5 Å². The molecule has 2 rings (SSSR count). The third-order valence-electron chi connectivity index (χ3n) is 3.33. The fraction of sp³-hybridized carbons (Fsp3) is 0.333. The van der Waals surface area contributed by atoms with Crippen LogP contribution in [-0.4, -0.2) is 23.7 Å². The summed E-state index contributed by atoms with van der Waals surface area (Å²) >= 11 is 0. The van der Waals surface area contributed by atoms with Crippen LogP contribution in [0.3, 0.4) is 0 Å². The van der Waals surface area contributed by atoms with Crippen LogP contribution in [0.25, 0.3) is 0 Å². The van der Waals surface area contributed by atoms with Crippen molar-refractivity contribution in [3.05, 3.63) is 42.0 Å². The van der Waals surface area contributed by atoms with Gasteiger partial charge in [-0.05, 0) is 37.3 Å². The smallest absolute Gasteiger partial charge is 0.337 e. The Balaban J connectivity index is 1.88. The second kappa shape index (κ2) is 6.75. The SMILES string of the molecule is O=C(NCC1CC=CCC1)Nc1ccccc1C(=O)O. The molecule has 0 saturated carbocycles. The van der Waals surface area contributed by atoms with Gasteiger partial charge in [0, 0.05) is 6.54 Å². The summed E-state index contributed by atoms with van der Waals surface area (Å²) in [5.41, 5.74) is 0.393. The third kappa shape index (κ3) is 3.85. The highest BCUT2D eigenvalue weighted by atomic mass is 16.4. The highest BCUT2D eigenvalue weighted by Gasteiger charge is 2.13. The number of rotatable bonds is 4. The summed E-state index contributed by atoms with van der Waals surface area (Å²) in [6.07, 6.45) is 7.39. The van der Waals surface area contributed by atoms with Crippen LogP contribution in [0.15, 0.2) is 36.4 Å². The van der Waals surface area contributed by atoms with Gasteiger partial charge in [-0.2, -0.15) is 0 Å². The topological polar surface area (TPSA) is 78.4 Å². The second-order valence-corrected chi connectivity index (χ2v) is 4.84. The van der Waals surface area contributed by atoms with E-state index in [9.17, 15) is 9.59 Å². The quantitative estimate of drug-likeness (QED) is 0.739. The van der Waals surface area contributed by atoms with E-state index in [0.717, 1.165) is 19.3 Å². The lowest BCUT2D eigenvalue weighted by Gasteiger charge is -2.18. The Morgan fingerprint density at radius 1 is 1.25 bits per heavy atom. The van der Waals surface area contributed by atoms with E-state index in [1.54, 1.807) is 18.2 Å². The summed E-state index contributed by atoms with van der Waals surface area (Å²) in [7, 11) is 0. The summed E-state index contributed by atoms with van der Waals surface area (Å²) in [6, 6.07) is 5.98. The van der Waals surface area contributed by atoms with E-state index in [0.29, 0.717) is 18.2 Å². The first-order valence-electron chi connectivity index (χ1n) is 6.69. The highest BCUT2D eigenvalue weighted by Crippen LogP contribution is 2.17. The maximum Gasteiger partial charge on any atom is 0.337 e. The maximum atomic E-state index is 11.8. The normalized spacial score (nSPS) is 17.5. The van der Waals surface area contributed by atoms with Gasteiger partial charge in [-0.1, -0.05) is 24.3 Å². The van der Waals surface area contributed by atoms with Gasteiger partial charge in [0.15, 0.2) is 0 Å². The Morgan fingerprint density at radius 3 is 2.75 bits per heavy atom. The lowest BCUT2D eigenvalue weighted by molar-refractivity contribution is 0.0698. The van der Waals surface area contributed by atoms with Gasteiger partial charge in [0.2, 0.25) is 0 Å². The van der Waals surface area contributed by atoms with Gasteiger partial charge in [0.25, 0.3) is 0 Å². The number of para-hydroxylation sites is 1. The molecule has 5 heteroatoms. The number of nitrogens with one attached hydrogen (secondary N) is 2. The fourth-order valence-corrected chi connectivity index (χ4v) is 2.22. The van der Waals surface area contributed by atoms with Gasteiger partial charge in [-0.15, -0.1) is 0 Å². The number of carboxylic acid groups (broad SMARTS) is 1. The number of carbonyl (C=O) groups excluding carboxylic acids is 1. The van der Waals surface area contributed by atoms with E-state index in [1.165, 1.54) is 6.07 Å². The summed E-state index contributed by atoms with van der Waals surface area (Å²) in [5, 5.41) is 14.4. The molecule has 1 aromatic rings. The first-order valence-corrected chi connectivity index (χ1v) is 6.69. The van der Waals surface area contributed by atoms with Gasteiger partial charge < -0.3 is 15.7 Å². The standard InChI is InChI=1S/C15H18N2O3/c18-14(19)12-8-4-5-9-13(12)17-15(20)16-10-11-6-2-1-3-7-11/h1-2,4-5,8-9,11H,3,6-7,10H2,(H,18,19)(H2,16,17,20). The number of benzene rings is 1. The average Bonchev–Trinajstić information content (AvgIpc) is 2.46. The van der Waals surface area contributed by atoms with Crippen LogP contribution in [0.2, 0.25) is 0 Å². The lowest BCUT2D eigenvalue weighted by Crippen LogP contribution is -2.33. The van der Waals surface area contributed by atoms with Gasteiger partial charge in [0.1, 0.15) is 0 Å². The number of allylic oxidation sites excluding steroid dienone is 2. The molecule has 1 atom stereocenters. The Hall–Kier alpha value is -2.30. The monoisotopic (exact) mass is 274 g/mol. The molecule has 0 radical (unpaired) electrons. The van der Waals surface area contributed by atoms with Crippen LogP contribution in [0, 0.1) is 5.92 Å². The van der Waals surface area contributed by atoms with Crippen LogP contribution in [0.5, 0.6) is 0 Å². The van der Waals surface area contributed by atoms with Crippen LogP contribution in [0.1, 0.15) is 29.6 Å². The zero-order valence-electron chi connectivity index (χ0n) is 11.1. The molecule has 0 saturated heterocycles. The minimum atomic E-state index is -1.06. The van der Waals surface area contributed by atoms with E-state index in [2.05, 4.69) is 22.8 Å². The summed E-state index contributed by atoms with van der Waals surface area (Å²) in [5.74, 6) is -0.598. The number of urea groups is 1. The van der Waals surface area contributed by atoms with Gasteiger partial charge in [-0.3, -0.25) is 0 Å². The van der Waals surface area contributed by atoms with E-state index in [-0.39, 0.29) is 11.6 Å². The molecular weight excluding hydrogens is 256 g/mol. The van der Waals surface area contributed by atoms with Crippen molar-refractivity contribution in [2.75, 3.05) is 11.9 Å². The molecule has 0 heterocycles. The van der Waals surface area contributed by atoms with E-state index < -0.39 is 5.97 Å². The summed E-state index contributed by atoms with van der Waals surface area (Å²) in [6.45, 7) is 0.603. The maximum absolute atomic E-state index is 11.8. The number of aromatic carboxylic acids is 1. The number of amides is 2. The second-order valence-electron chi connectivity index (χ2n) is 4.84. The molecule has 0 aromatic heterocycles. The van der Waals surface area contributed by atoms with Crippen molar-refractivity contribution in [1.29, 1.82) is 0 Å². The van der Waals surface area contributed by atoms with Crippen LogP contribution in [-0.2, 0) is 0 Å². The lowest BCUT2D eigenvalue weighted by atomic mass is 9.94. The van der Waals surface area contributed by atoms with Crippen molar-refractivity contribution in [2.24, 2.45) is 5.92 Å². The molecule has 5 nitrogen and oxygen atoms in total. The molecule has 20 heavy (non-hydrogen) atoms. The molecule has 1 aromatic carbocycles. The third-order valence-corrected chi connectivity index (χ3v) is 3.33. The Bertz CT molecular complexity index is 526. The molecule has 1 aliphatic carbocycles. The predicted octanol–water partition coefficient (Wildman–Crippen LogP) is 2.86. The number of carboxylic acids is 1. The first kappa shape index (κ1) is 14.1. The highest BCUT2D eigenvalue weighted by molar-refractivity contribution is 5.99. The largest absolute Gasteiger partial charge is 0.478 e. The number of carbonyl (C=O) groups is 2. The van der Waals surface area contributed by atoms with Crippen molar-refractivity contribution < 1.29 is 14.7 Å². The van der Waals surface area contributed by atoms with E-state index >= 15 is 0 Å². The zero-order chi connectivity index (χ0) is 14.4. The van der Waals surface area contributed by atoms with Crippen LogP contribution < -0.4 is 10.6 Å². The Morgan fingerprint density at radius 2 is 2.05 bits per heavy atom. The van der Waals surface area contributed by atoms with Crippen LogP contribution >= 0.6 is 0 Å². The summed E-state index contributed by atoms with van der Waals surface area (Å²) in [4.78, 5) is 22.8. The number of anilines is 1. The van der Waals surface area contributed by atoms with Crippen molar-refractivity contribution in [2.45, 2.75) is 19.3 Å². The van der Waals surface area contributed by atoms with Gasteiger partial charge in [0.05, 0.1) is 11.3 Å². The molecule has 0 aliphatic heterocycles. The molecule has 1 aliphatic rings. The molecule has 1 unspecified atom stereocenters. The molecule has 0 bridgehead atoms. The van der Waals surface area contributed by atoms with Crippen molar-refractivity contribution in [3.63, 3.8) is 0 Å².